The molecule has 1 fully saturated rings. The fourth-order valence-corrected chi connectivity index (χ4v) is 2.71. The van der Waals surface area contributed by atoms with Crippen LogP contribution in [0.1, 0.15) is 27.2 Å². The van der Waals surface area contributed by atoms with Crippen LogP contribution in [0, 0.1) is 0 Å². The minimum atomic E-state index is -1.51. The van der Waals surface area contributed by atoms with E-state index in [0.29, 0.717) is 11.1 Å². The monoisotopic (exact) mass is 201 g/mol. The first-order valence-electron chi connectivity index (χ1n) is 5.21. The Bertz CT molecular complexity index is 168. The second kappa shape index (κ2) is 3.71. The molecule has 0 spiro atoms. The average molecular weight is 201 g/mol. The molecule has 0 aromatic carbocycles. The van der Waals surface area contributed by atoms with Gasteiger partial charge in [-0.2, -0.15) is 0 Å². The molecular weight excluding hydrogens is 178 g/mol. The molecule has 0 saturated carbocycles. The van der Waals surface area contributed by atoms with Crippen LogP contribution >= 0.6 is 0 Å². The van der Waals surface area contributed by atoms with Gasteiger partial charge in [0.25, 0.3) is 0 Å². The summed E-state index contributed by atoms with van der Waals surface area (Å²) in [7, 11) is -1.51. The molecule has 1 heterocycles. The minimum absolute atomic E-state index is 0.343. The summed E-state index contributed by atoms with van der Waals surface area (Å²) >= 11 is 0. The van der Waals surface area contributed by atoms with Crippen molar-refractivity contribution >= 4 is 8.32 Å². The highest BCUT2D eigenvalue weighted by Gasteiger charge is 2.28. The Balaban J connectivity index is 2.50. The van der Waals surface area contributed by atoms with Gasteiger partial charge in [0.05, 0.1) is 0 Å². The van der Waals surface area contributed by atoms with Crippen molar-refractivity contribution in [2.24, 2.45) is 0 Å². The molecule has 1 unspecified atom stereocenters. The van der Waals surface area contributed by atoms with E-state index in [1.165, 1.54) is 6.42 Å². The van der Waals surface area contributed by atoms with E-state index in [0.717, 1.165) is 13.1 Å². The highest BCUT2D eigenvalue weighted by molar-refractivity contribution is 6.74. The predicted octanol–water partition coefficient (Wildman–Crippen LogP) is 2.37. The van der Waals surface area contributed by atoms with Crippen LogP contribution in [0.15, 0.2) is 0 Å². The predicted molar refractivity (Wildman–Crippen MR) is 59.6 cm³/mol. The lowest BCUT2D eigenvalue weighted by molar-refractivity contribution is 0.200. The van der Waals surface area contributed by atoms with Crippen molar-refractivity contribution in [3.05, 3.63) is 0 Å². The van der Waals surface area contributed by atoms with Crippen molar-refractivity contribution in [3.8, 4) is 0 Å². The normalized spacial score (nSPS) is 25.2. The van der Waals surface area contributed by atoms with Gasteiger partial charge in [0.1, 0.15) is 0 Å². The molecule has 1 rings (SSSR count). The molecule has 3 heteroatoms. The third-order valence-corrected chi connectivity index (χ3v) is 7.82. The van der Waals surface area contributed by atoms with Crippen LogP contribution in [0.3, 0.4) is 0 Å². The van der Waals surface area contributed by atoms with Crippen molar-refractivity contribution in [1.29, 1.82) is 0 Å². The molecule has 2 nitrogen and oxygen atoms in total. The molecule has 1 atom stereocenters. The van der Waals surface area contributed by atoms with Gasteiger partial charge in [-0.15, -0.1) is 18.1 Å². The summed E-state index contributed by atoms with van der Waals surface area (Å²) in [6.07, 6.45) is 1.66. The van der Waals surface area contributed by atoms with Crippen LogP contribution in [0.25, 0.3) is 0 Å². The smallest absolute Gasteiger partial charge is 0.0294 e. The van der Waals surface area contributed by atoms with Gasteiger partial charge in [0.15, 0.2) is 0 Å². The van der Waals surface area contributed by atoms with E-state index in [9.17, 15) is 0 Å². The average Bonchev–Trinajstić information content (AvgIpc) is 2.35. The summed E-state index contributed by atoms with van der Waals surface area (Å²) in [4.78, 5) is 0. The Morgan fingerprint density at radius 3 is 2.31 bits per heavy atom. The van der Waals surface area contributed by atoms with Crippen LogP contribution in [-0.4, -0.2) is 27.5 Å². The summed E-state index contributed by atoms with van der Waals surface area (Å²) < 4.78 is 6.24. The molecule has 0 radical (unpaired) electrons. The summed E-state index contributed by atoms with van der Waals surface area (Å²) in [6, 6.07) is 0. The number of hydrogen-bond acceptors (Lipinski definition) is 2. The minimum Gasteiger partial charge on any atom is -0.561 e. The molecule has 0 aliphatic carbocycles. The standard InChI is InChI=1S/C10H23NOSi/c1-10(2,3)13(4,5)12-9-6-7-11-8-9/h9,11H,6-8H2,1-5H3/q-1. The summed E-state index contributed by atoms with van der Waals surface area (Å²) in [5.74, 6) is 0. The van der Waals surface area contributed by atoms with Gasteiger partial charge in [0.2, 0.25) is 0 Å². The molecule has 0 aromatic rings. The van der Waals surface area contributed by atoms with Gasteiger partial charge in [-0.25, -0.2) is 0 Å². The van der Waals surface area contributed by atoms with E-state index in [-0.39, 0.29) is 0 Å². The van der Waals surface area contributed by atoms with E-state index in [4.69, 9.17) is 4.43 Å². The van der Waals surface area contributed by atoms with Crippen molar-refractivity contribution in [2.75, 3.05) is 13.1 Å². The van der Waals surface area contributed by atoms with Crippen molar-refractivity contribution in [2.45, 2.75) is 51.4 Å². The molecule has 1 aliphatic rings. The first-order valence-corrected chi connectivity index (χ1v) is 8.12. The Kier molecular flexibility index (Phi) is 3.20. The zero-order valence-electron chi connectivity index (χ0n) is 9.61. The van der Waals surface area contributed by atoms with Crippen LogP contribution in [-0.2, 0) is 4.43 Å². The molecule has 79 valence electrons. The molecule has 13 heavy (non-hydrogen) atoms. The lowest BCUT2D eigenvalue weighted by Crippen LogP contribution is -2.44. The van der Waals surface area contributed by atoms with Crippen LogP contribution in [0.4, 0.5) is 0 Å². The largest absolute Gasteiger partial charge is 0.561 e. The maximum absolute atomic E-state index is 6.24. The first kappa shape index (κ1) is 11.2. The molecule has 1 N–H and O–H groups in total. The van der Waals surface area contributed by atoms with Crippen LogP contribution in [0.5, 0.6) is 0 Å². The third kappa shape index (κ3) is 2.79. The number of hydrogen-bond donors (Lipinski definition) is 1. The summed E-state index contributed by atoms with van der Waals surface area (Å²) in [5.41, 5.74) is 0. The van der Waals surface area contributed by atoms with Gasteiger partial charge >= 0.3 is 0 Å². The van der Waals surface area contributed by atoms with Crippen molar-refractivity contribution < 1.29 is 4.43 Å². The van der Waals surface area contributed by atoms with Gasteiger partial charge in [-0.3, -0.25) is 0 Å². The topological polar surface area (TPSA) is 21.3 Å². The molecule has 1 saturated heterocycles. The van der Waals surface area contributed by atoms with E-state index >= 15 is 0 Å². The zero-order valence-corrected chi connectivity index (χ0v) is 10.6. The van der Waals surface area contributed by atoms with E-state index < -0.39 is 8.32 Å². The Morgan fingerprint density at radius 2 is 1.92 bits per heavy atom. The Morgan fingerprint density at radius 1 is 1.31 bits per heavy atom. The third-order valence-electron chi connectivity index (χ3n) is 3.28. The Labute approximate surface area is 83.2 Å². The fraction of sp³-hybridized carbons (Fsp3) is 1.00. The molecule has 1 aliphatic heterocycles. The lowest BCUT2D eigenvalue weighted by Gasteiger charge is -2.50. The van der Waals surface area contributed by atoms with Gasteiger partial charge in [-0.1, -0.05) is 20.8 Å². The summed E-state index contributed by atoms with van der Waals surface area (Å²) in [5, 5.41) is 3.69. The molecule has 0 amide bonds. The fourth-order valence-electron chi connectivity index (χ4n) is 1.32. The number of nitrogens with one attached hydrogen (secondary N) is 1. The Hall–Kier alpha value is 0.137. The van der Waals surface area contributed by atoms with Gasteiger partial charge < -0.3 is 9.74 Å². The molecular formula is C10H23NOSi-. The SMILES string of the molecule is CC(C)(C)[Si-](C)(C)OC1CCNC1. The van der Waals surface area contributed by atoms with E-state index in [2.05, 4.69) is 39.2 Å². The first-order chi connectivity index (χ1) is 5.83. The highest BCUT2D eigenvalue weighted by Crippen LogP contribution is 2.37. The maximum atomic E-state index is 6.24. The van der Waals surface area contributed by atoms with E-state index in [1.54, 1.807) is 0 Å². The van der Waals surface area contributed by atoms with Crippen molar-refractivity contribution in [1.82, 2.24) is 5.32 Å². The second-order valence-electron chi connectivity index (χ2n) is 5.49. The quantitative estimate of drug-likeness (QED) is 0.693. The number of rotatable bonds is 2. The van der Waals surface area contributed by atoms with Crippen molar-refractivity contribution in [3.63, 3.8) is 0 Å². The van der Waals surface area contributed by atoms with E-state index in [1.807, 2.05) is 0 Å². The van der Waals surface area contributed by atoms with Crippen LogP contribution in [0.2, 0.25) is 18.1 Å². The summed E-state index contributed by atoms with van der Waals surface area (Å²) in [6.45, 7) is 13.7. The van der Waals surface area contributed by atoms with Gasteiger partial charge in [-0.05, 0) is 21.3 Å². The second-order valence-corrected chi connectivity index (χ2v) is 10.2. The van der Waals surface area contributed by atoms with Crippen LogP contribution < -0.4 is 5.32 Å². The molecule has 0 aromatic heterocycles. The maximum Gasteiger partial charge on any atom is 0.0294 e. The zero-order chi connectivity index (χ0) is 10.1. The highest BCUT2D eigenvalue weighted by atomic mass is 28.4. The van der Waals surface area contributed by atoms with Gasteiger partial charge in [0, 0.05) is 12.6 Å². The lowest BCUT2D eigenvalue weighted by atomic mass is 10.2. The molecule has 0 bridgehead atoms.